The maximum Gasteiger partial charge on any atom is 0.0751 e. The van der Waals surface area contributed by atoms with Gasteiger partial charge in [-0.15, -0.1) is 0 Å². The van der Waals surface area contributed by atoms with Gasteiger partial charge >= 0.3 is 0 Å². The molecule has 1 fully saturated rings. The number of aryl methyl sites for hydroxylation is 1. The van der Waals surface area contributed by atoms with E-state index in [0.717, 1.165) is 0 Å². The third-order valence-electron chi connectivity index (χ3n) is 2.40. The average Bonchev–Trinajstić information content (AvgIpc) is 2.70. The van der Waals surface area contributed by atoms with Gasteiger partial charge in [0.1, 0.15) is 0 Å². The molecule has 1 saturated carbocycles. The van der Waals surface area contributed by atoms with Crippen molar-refractivity contribution in [3.63, 3.8) is 0 Å². The fourth-order valence-corrected chi connectivity index (χ4v) is 1.34. The number of aromatic nitrogens is 2. The third-order valence-corrected chi connectivity index (χ3v) is 2.40. The van der Waals surface area contributed by atoms with Crippen molar-refractivity contribution < 1.29 is 0 Å². The Morgan fingerprint density at radius 3 is 2.82 bits per heavy atom. The predicted octanol–water partition coefficient (Wildman–Crippen LogP) is 0.639. The number of nitrogens with two attached hydrogens (primary N) is 1. The Balaban J connectivity index is 2.29. The van der Waals surface area contributed by atoms with Gasteiger partial charge in [0.25, 0.3) is 0 Å². The van der Waals surface area contributed by atoms with Crippen LogP contribution in [0.2, 0.25) is 0 Å². The first-order valence-electron chi connectivity index (χ1n) is 3.99. The van der Waals surface area contributed by atoms with Gasteiger partial charge in [-0.1, -0.05) is 0 Å². The Morgan fingerprint density at radius 2 is 2.45 bits per heavy atom. The lowest BCUT2D eigenvalue weighted by atomic mass is 10.3. The molecule has 1 aliphatic rings. The van der Waals surface area contributed by atoms with E-state index in [0.29, 0.717) is 6.54 Å². The van der Waals surface area contributed by atoms with Crippen molar-refractivity contribution >= 4 is 0 Å². The number of hydrogen-bond donors (Lipinski definition) is 1. The first-order chi connectivity index (χ1) is 5.27. The first kappa shape index (κ1) is 6.85. The smallest absolute Gasteiger partial charge is 0.0751 e. The maximum absolute atomic E-state index is 5.65. The molecule has 1 aromatic heterocycles. The van der Waals surface area contributed by atoms with Gasteiger partial charge in [-0.05, 0) is 25.3 Å². The highest BCUT2D eigenvalue weighted by molar-refractivity contribution is 5.07. The van der Waals surface area contributed by atoms with Crippen molar-refractivity contribution in [3.8, 4) is 0 Å². The van der Waals surface area contributed by atoms with Crippen LogP contribution < -0.4 is 5.73 Å². The van der Waals surface area contributed by atoms with Gasteiger partial charge in [0.15, 0.2) is 0 Å². The van der Waals surface area contributed by atoms with Crippen LogP contribution in [0.1, 0.15) is 18.4 Å². The van der Waals surface area contributed by atoms with Gasteiger partial charge < -0.3 is 5.73 Å². The van der Waals surface area contributed by atoms with Crippen molar-refractivity contribution in [2.75, 3.05) is 6.54 Å². The van der Waals surface area contributed by atoms with E-state index >= 15 is 0 Å². The summed E-state index contributed by atoms with van der Waals surface area (Å²) < 4.78 is 2.02. The van der Waals surface area contributed by atoms with E-state index in [9.17, 15) is 0 Å². The molecular formula is C8H13N3. The lowest BCUT2D eigenvalue weighted by molar-refractivity contribution is 0.441. The zero-order valence-corrected chi connectivity index (χ0v) is 6.75. The van der Waals surface area contributed by atoms with E-state index in [4.69, 9.17) is 5.73 Å². The monoisotopic (exact) mass is 151 g/mol. The third kappa shape index (κ3) is 0.959. The van der Waals surface area contributed by atoms with Crippen LogP contribution in [0.5, 0.6) is 0 Å². The van der Waals surface area contributed by atoms with E-state index in [2.05, 4.69) is 18.2 Å². The van der Waals surface area contributed by atoms with Gasteiger partial charge in [0.2, 0.25) is 0 Å². The second kappa shape index (κ2) is 2.08. The molecule has 2 N–H and O–H groups in total. The minimum absolute atomic E-state index is 0.189. The second-order valence-corrected chi connectivity index (χ2v) is 3.39. The van der Waals surface area contributed by atoms with Gasteiger partial charge in [-0.3, -0.25) is 4.68 Å². The molecule has 0 aliphatic heterocycles. The zero-order chi connectivity index (χ0) is 7.90. The summed E-state index contributed by atoms with van der Waals surface area (Å²) in [6, 6.07) is 0. The van der Waals surface area contributed by atoms with E-state index in [1.165, 1.54) is 18.4 Å². The highest BCUT2D eigenvalue weighted by Crippen LogP contribution is 2.41. The summed E-state index contributed by atoms with van der Waals surface area (Å²) in [5.41, 5.74) is 7.05. The predicted molar refractivity (Wildman–Crippen MR) is 43.2 cm³/mol. The average molecular weight is 151 g/mol. The van der Waals surface area contributed by atoms with E-state index in [1.54, 1.807) is 0 Å². The van der Waals surface area contributed by atoms with E-state index in [1.807, 2.05) is 10.9 Å². The summed E-state index contributed by atoms with van der Waals surface area (Å²) in [6.45, 7) is 2.77. The zero-order valence-electron chi connectivity index (χ0n) is 6.75. The Bertz CT molecular complexity index is 260. The standard InChI is InChI=1S/C8H13N3/c1-7-4-10-11(5-7)8(6-9)2-3-8/h4-5H,2-3,6,9H2,1H3. The molecule has 0 bridgehead atoms. The number of nitrogens with zero attached hydrogens (tertiary/aromatic N) is 2. The molecule has 0 spiro atoms. The molecule has 11 heavy (non-hydrogen) atoms. The summed E-state index contributed by atoms with van der Waals surface area (Å²) in [7, 11) is 0. The van der Waals surface area contributed by atoms with Crippen LogP contribution in [0.3, 0.4) is 0 Å². The van der Waals surface area contributed by atoms with Crippen LogP contribution in [0, 0.1) is 6.92 Å². The first-order valence-corrected chi connectivity index (χ1v) is 3.99. The van der Waals surface area contributed by atoms with Crippen molar-refractivity contribution in [1.82, 2.24) is 9.78 Å². The summed E-state index contributed by atoms with van der Waals surface area (Å²) in [5.74, 6) is 0. The van der Waals surface area contributed by atoms with Crippen molar-refractivity contribution in [3.05, 3.63) is 18.0 Å². The lowest BCUT2D eigenvalue weighted by Gasteiger charge is -2.11. The minimum atomic E-state index is 0.189. The second-order valence-electron chi connectivity index (χ2n) is 3.39. The molecule has 60 valence electrons. The Labute approximate surface area is 66.2 Å². The fraction of sp³-hybridized carbons (Fsp3) is 0.625. The summed E-state index contributed by atoms with van der Waals surface area (Å²) >= 11 is 0. The van der Waals surface area contributed by atoms with Gasteiger partial charge in [-0.25, -0.2) is 0 Å². The van der Waals surface area contributed by atoms with Crippen molar-refractivity contribution in [1.29, 1.82) is 0 Å². The molecule has 3 nitrogen and oxygen atoms in total. The summed E-state index contributed by atoms with van der Waals surface area (Å²) in [4.78, 5) is 0. The summed E-state index contributed by atoms with van der Waals surface area (Å²) in [6.07, 6.45) is 6.32. The van der Waals surface area contributed by atoms with Crippen LogP contribution in [0.4, 0.5) is 0 Å². The number of rotatable bonds is 2. The van der Waals surface area contributed by atoms with Gasteiger partial charge in [0, 0.05) is 12.7 Å². The molecule has 1 aromatic rings. The Morgan fingerprint density at radius 1 is 1.73 bits per heavy atom. The molecule has 0 amide bonds. The Kier molecular flexibility index (Phi) is 1.29. The SMILES string of the molecule is Cc1cnn(C2(CN)CC2)c1. The molecule has 0 unspecified atom stereocenters. The van der Waals surface area contributed by atoms with E-state index in [-0.39, 0.29) is 5.54 Å². The lowest BCUT2D eigenvalue weighted by Crippen LogP contribution is -2.27. The molecule has 0 saturated heterocycles. The van der Waals surface area contributed by atoms with Crippen LogP contribution >= 0.6 is 0 Å². The largest absolute Gasteiger partial charge is 0.328 e. The van der Waals surface area contributed by atoms with Crippen molar-refractivity contribution in [2.45, 2.75) is 25.3 Å². The van der Waals surface area contributed by atoms with Gasteiger partial charge in [0.05, 0.1) is 11.7 Å². The highest BCUT2D eigenvalue weighted by Gasteiger charge is 2.43. The molecule has 1 heterocycles. The minimum Gasteiger partial charge on any atom is -0.328 e. The molecule has 1 aliphatic carbocycles. The normalized spacial score (nSPS) is 20.2. The molecule has 0 atom stereocenters. The van der Waals surface area contributed by atoms with Crippen LogP contribution in [-0.4, -0.2) is 16.3 Å². The van der Waals surface area contributed by atoms with Gasteiger partial charge in [-0.2, -0.15) is 5.10 Å². The molecular weight excluding hydrogens is 138 g/mol. The maximum atomic E-state index is 5.65. The quantitative estimate of drug-likeness (QED) is 0.674. The topological polar surface area (TPSA) is 43.8 Å². The molecule has 3 heteroatoms. The molecule has 2 rings (SSSR count). The van der Waals surface area contributed by atoms with Crippen LogP contribution in [-0.2, 0) is 5.54 Å². The Hall–Kier alpha value is -0.830. The van der Waals surface area contributed by atoms with Crippen molar-refractivity contribution in [2.24, 2.45) is 5.73 Å². The molecule has 0 aromatic carbocycles. The van der Waals surface area contributed by atoms with E-state index < -0.39 is 0 Å². The fourth-order valence-electron chi connectivity index (χ4n) is 1.34. The summed E-state index contributed by atoms with van der Waals surface area (Å²) in [5, 5.41) is 4.26. The molecule has 0 radical (unpaired) electrons. The highest BCUT2D eigenvalue weighted by atomic mass is 15.3. The van der Waals surface area contributed by atoms with Crippen LogP contribution in [0.15, 0.2) is 12.4 Å². The number of hydrogen-bond acceptors (Lipinski definition) is 2. The van der Waals surface area contributed by atoms with Crippen LogP contribution in [0.25, 0.3) is 0 Å².